The summed E-state index contributed by atoms with van der Waals surface area (Å²) in [6.45, 7) is 0.263. The molecule has 2 aromatic heterocycles. The molecule has 0 N–H and O–H groups in total. The molecule has 3 heterocycles. The van der Waals surface area contributed by atoms with Crippen LogP contribution in [0.1, 0.15) is 6.42 Å². The van der Waals surface area contributed by atoms with Crippen LogP contribution in [0.4, 0.5) is 5.95 Å². The monoisotopic (exact) mass is 303 g/mol. The smallest absolute Gasteiger partial charge is 0.311 e. The first-order valence-corrected chi connectivity index (χ1v) is 7.32. The van der Waals surface area contributed by atoms with Crippen molar-refractivity contribution < 1.29 is 14.3 Å². The summed E-state index contributed by atoms with van der Waals surface area (Å²) in [5.74, 6) is -0.650. The summed E-state index contributed by atoms with van der Waals surface area (Å²) in [5, 5.41) is 1.96. The van der Waals surface area contributed by atoms with Gasteiger partial charge < -0.3 is 4.74 Å². The van der Waals surface area contributed by atoms with Gasteiger partial charge >= 0.3 is 5.97 Å². The van der Waals surface area contributed by atoms with Crippen LogP contribution in [-0.4, -0.2) is 35.5 Å². The van der Waals surface area contributed by atoms with Crippen molar-refractivity contribution in [3.63, 3.8) is 0 Å². The van der Waals surface area contributed by atoms with E-state index in [0.717, 1.165) is 10.6 Å². The number of amides is 1. The summed E-state index contributed by atoms with van der Waals surface area (Å²) in [5.41, 5.74) is 0.768. The Morgan fingerprint density at radius 2 is 2.33 bits per heavy atom. The molecule has 6 nitrogen and oxygen atoms in total. The van der Waals surface area contributed by atoms with E-state index in [1.807, 2.05) is 17.5 Å². The molecule has 0 radical (unpaired) electrons. The van der Waals surface area contributed by atoms with E-state index < -0.39 is 5.92 Å². The van der Waals surface area contributed by atoms with Gasteiger partial charge in [0.1, 0.15) is 0 Å². The van der Waals surface area contributed by atoms with Crippen molar-refractivity contribution in [2.45, 2.75) is 6.42 Å². The lowest BCUT2D eigenvalue weighted by atomic mass is 10.1. The molecule has 7 heteroatoms. The molecule has 0 aromatic carbocycles. The number of carbonyl (C=O) groups excluding carboxylic acids is 2. The van der Waals surface area contributed by atoms with E-state index in [-0.39, 0.29) is 24.8 Å². The highest BCUT2D eigenvalue weighted by Gasteiger charge is 2.37. The summed E-state index contributed by atoms with van der Waals surface area (Å²) in [6, 6.07) is 5.70. The van der Waals surface area contributed by atoms with Gasteiger partial charge in [-0.05, 0) is 17.5 Å². The van der Waals surface area contributed by atoms with Gasteiger partial charge in [-0.1, -0.05) is 6.07 Å². The van der Waals surface area contributed by atoms with Crippen molar-refractivity contribution in [3.05, 3.63) is 29.8 Å². The molecule has 0 saturated carbocycles. The van der Waals surface area contributed by atoms with Gasteiger partial charge in [0.2, 0.25) is 11.9 Å². The Labute approximate surface area is 125 Å². The number of anilines is 1. The van der Waals surface area contributed by atoms with E-state index in [9.17, 15) is 9.59 Å². The number of hydrogen-bond donors (Lipinski definition) is 0. The van der Waals surface area contributed by atoms with Crippen LogP contribution in [-0.2, 0) is 14.3 Å². The van der Waals surface area contributed by atoms with E-state index >= 15 is 0 Å². The predicted molar refractivity (Wildman–Crippen MR) is 77.8 cm³/mol. The molecule has 1 aliphatic rings. The minimum atomic E-state index is -0.448. The Hall–Kier alpha value is -2.28. The SMILES string of the molecule is COC(=O)C1CC(=O)N(c2nccc(-c3cccs3)n2)C1. The zero-order valence-corrected chi connectivity index (χ0v) is 12.2. The maximum Gasteiger partial charge on any atom is 0.311 e. The van der Waals surface area contributed by atoms with Gasteiger partial charge in [0.25, 0.3) is 0 Å². The number of rotatable bonds is 3. The third-order valence-corrected chi connectivity index (χ3v) is 4.21. The number of thiophene rings is 1. The Kier molecular flexibility index (Phi) is 3.66. The third-order valence-electron chi connectivity index (χ3n) is 3.32. The van der Waals surface area contributed by atoms with Crippen molar-refractivity contribution in [3.8, 4) is 10.6 Å². The van der Waals surface area contributed by atoms with Crippen LogP contribution < -0.4 is 4.90 Å². The second-order valence-electron chi connectivity index (χ2n) is 4.65. The van der Waals surface area contributed by atoms with Crippen molar-refractivity contribution in [2.24, 2.45) is 5.92 Å². The first-order valence-electron chi connectivity index (χ1n) is 6.44. The molecular formula is C14H13N3O3S. The highest BCUT2D eigenvalue weighted by molar-refractivity contribution is 7.13. The van der Waals surface area contributed by atoms with Crippen molar-refractivity contribution in [1.29, 1.82) is 0 Å². The maximum atomic E-state index is 12.0. The Bertz CT molecular complexity index is 672. The van der Waals surface area contributed by atoms with E-state index in [1.165, 1.54) is 12.0 Å². The second kappa shape index (κ2) is 5.61. The molecule has 1 amide bonds. The zero-order valence-electron chi connectivity index (χ0n) is 11.4. The Morgan fingerprint density at radius 1 is 1.48 bits per heavy atom. The number of ether oxygens (including phenoxy) is 1. The lowest BCUT2D eigenvalue weighted by Gasteiger charge is -2.14. The molecule has 21 heavy (non-hydrogen) atoms. The largest absolute Gasteiger partial charge is 0.469 e. The van der Waals surface area contributed by atoms with Crippen LogP contribution in [0.5, 0.6) is 0 Å². The van der Waals surface area contributed by atoms with Crippen LogP contribution in [0, 0.1) is 5.92 Å². The van der Waals surface area contributed by atoms with Crippen LogP contribution in [0.2, 0.25) is 0 Å². The predicted octanol–water partition coefficient (Wildman–Crippen LogP) is 1.73. The molecule has 1 fully saturated rings. The summed E-state index contributed by atoms with van der Waals surface area (Å²) in [6.07, 6.45) is 1.76. The van der Waals surface area contributed by atoms with Crippen LogP contribution >= 0.6 is 11.3 Å². The molecule has 0 bridgehead atoms. The molecular weight excluding hydrogens is 290 g/mol. The average Bonchev–Trinajstić information content (AvgIpc) is 3.16. The fourth-order valence-electron chi connectivity index (χ4n) is 2.27. The van der Waals surface area contributed by atoms with E-state index in [1.54, 1.807) is 23.6 Å². The summed E-state index contributed by atoms with van der Waals surface area (Å²) in [7, 11) is 1.32. The van der Waals surface area contributed by atoms with Crippen LogP contribution in [0.15, 0.2) is 29.8 Å². The topological polar surface area (TPSA) is 72.4 Å². The van der Waals surface area contributed by atoms with Gasteiger partial charge in [-0.25, -0.2) is 9.97 Å². The standard InChI is InChI=1S/C14H13N3O3S/c1-20-13(19)9-7-12(18)17(8-9)14-15-5-4-10(16-14)11-3-2-6-21-11/h2-6,9H,7-8H2,1H3. The Morgan fingerprint density at radius 3 is 3.05 bits per heavy atom. The van der Waals surface area contributed by atoms with Gasteiger partial charge in [0.15, 0.2) is 0 Å². The number of carbonyl (C=O) groups is 2. The molecule has 1 atom stereocenters. The minimum Gasteiger partial charge on any atom is -0.469 e. The fourth-order valence-corrected chi connectivity index (χ4v) is 2.96. The van der Waals surface area contributed by atoms with Gasteiger partial charge in [-0.2, -0.15) is 0 Å². The highest BCUT2D eigenvalue weighted by atomic mass is 32.1. The fraction of sp³-hybridized carbons (Fsp3) is 0.286. The van der Waals surface area contributed by atoms with Gasteiger partial charge in [0, 0.05) is 19.2 Å². The van der Waals surface area contributed by atoms with Crippen LogP contribution in [0.25, 0.3) is 10.6 Å². The van der Waals surface area contributed by atoms with Crippen molar-refractivity contribution in [1.82, 2.24) is 9.97 Å². The maximum absolute atomic E-state index is 12.0. The van der Waals surface area contributed by atoms with Crippen molar-refractivity contribution in [2.75, 3.05) is 18.6 Å². The highest BCUT2D eigenvalue weighted by Crippen LogP contribution is 2.27. The molecule has 2 aromatic rings. The normalized spacial score (nSPS) is 18.0. The second-order valence-corrected chi connectivity index (χ2v) is 5.60. The first-order chi connectivity index (χ1) is 10.2. The molecule has 1 aliphatic heterocycles. The number of methoxy groups -OCH3 is 1. The molecule has 0 spiro atoms. The van der Waals surface area contributed by atoms with E-state index in [0.29, 0.717) is 5.95 Å². The van der Waals surface area contributed by atoms with Gasteiger partial charge in [-0.3, -0.25) is 14.5 Å². The lowest BCUT2D eigenvalue weighted by molar-refractivity contribution is -0.145. The quantitative estimate of drug-likeness (QED) is 0.807. The number of nitrogens with zero attached hydrogens (tertiary/aromatic N) is 3. The lowest BCUT2D eigenvalue weighted by Crippen LogP contribution is -2.28. The molecule has 1 unspecified atom stereocenters. The van der Waals surface area contributed by atoms with E-state index in [2.05, 4.69) is 9.97 Å². The van der Waals surface area contributed by atoms with Gasteiger partial charge in [-0.15, -0.1) is 11.3 Å². The third kappa shape index (κ3) is 2.64. The Balaban J connectivity index is 1.86. The molecule has 3 rings (SSSR count). The molecule has 0 aliphatic carbocycles. The van der Waals surface area contributed by atoms with Gasteiger partial charge in [0.05, 0.1) is 23.6 Å². The summed E-state index contributed by atoms with van der Waals surface area (Å²) >= 11 is 1.57. The molecule has 108 valence electrons. The summed E-state index contributed by atoms with van der Waals surface area (Å²) < 4.78 is 4.69. The van der Waals surface area contributed by atoms with Crippen molar-refractivity contribution >= 4 is 29.2 Å². The van der Waals surface area contributed by atoms with E-state index in [4.69, 9.17) is 4.74 Å². The number of hydrogen-bond acceptors (Lipinski definition) is 6. The average molecular weight is 303 g/mol. The summed E-state index contributed by atoms with van der Waals surface area (Å²) in [4.78, 5) is 34.6. The first kappa shape index (κ1) is 13.7. The van der Waals surface area contributed by atoms with Crippen LogP contribution in [0.3, 0.4) is 0 Å². The number of esters is 1. The molecule has 1 saturated heterocycles. The number of aromatic nitrogens is 2. The zero-order chi connectivity index (χ0) is 14.8. The minimum absolute atomic E-state index is 0.138.